The molecule has 2 aliphatic heterocycles. The Hall–Kier alpha value is -0.150. The molecule has 12 heavy (non-hydrogen) atoms. The summed E-state index contributed by atoms with van der Waals surface area (Å²) in [6, 6.07) is 0.0301. The smallest absolute Gasteiger partial charge is 0.114 e. The van der Waals surface area contributed by atoms with Gasteiger partial charge in [-0.25, -0.2) is 4.39 Å². The minimum absolute atomic E-state index is 0.0150. The molecule has 67 valence electrons. The summed E-state index contributed by atoms with van der Waals surface area (Å²) >= 11 is 0. The molecule has 2 saturated heterocycles. The fraction of sp³-hybridized carbons (Fsp3) is 1.00. The highest BCUT2D eigenvalue weighted by atomic mass is 19.1. The van der Waals surface area contributed by atoms with E-state index in [1.807, 2.05) is 0 Å². The van der Waals surface area contributed by atoms with Crippen LogP contribution in [0.3, 0.4) is 0 Å². The zero-order valence-corrected chi connectivity index (χ0v) is 7.00. The van der Waals surface area contributed by atoms with Crippen LogP contribution in [-0.4, -0.2) is 22.8 Å². The number of hydroxylamine groups is 2. The summed E-state index contributed by atoms with van der Waals surface area (Å²) in [6.45, 7) is 0. The Kier molecular flexibility index (Phi) is 1.22. The highest BCUT2D eigenvalue weighted by molar-refractivity contribution is 5.06. The van der Waals surface area contributed by atoms with E-state index in [1.54, 1.807) is 0 Å². The average molecular weight is 170 g/mol. The predicted octanol–water partition coefficient (Wildman–Crippen LogP) is 1.69. The molecule has 2 nitrogen and oxygen atoms in total. The van der Waals surface area contributed by atoms with E-state index in [1.165, 1.54) is 5.06 Å². The summed E-state index contributed by atoms with van der Waals surface area (Å²) in [5.41, 5.74) is -0.961. The number of hydrogen-bond acceptors (Lipinski definition) is 1. The first-order valence-corrected chi connectivity index (χ1v) is 4.81. The van der Waals surface area contributed by atoms with Crippen LogP contribution >= 0.6 is 0 Å². The Morgan fingerprint density at radius 3 is 2.25 bits per heavy atom. The summed E-state index contributed by atoms with van der Waals surface area (Å²) in [6.07, 6.45) is 3.64. The molecule has 4 rings (SSSR count). The maximum atomic E-state index is 13.9. The van der Waals surface area contributed by atoms with Gasteiger partial charge in [0.05, 0.1) is 0 Å². The van der Waals surface area contributed by atoms with Crippen molar-refractivity contribution >= 4 is 0 Å². The number of hydrogen-bond donors (Lipinski definition) is 0. The van der Waals surface area contributed by atoms with Crippen LogP contribution in [0.15, 0.2) is 0 Å². The van der Waals surface area contributed by atoms with E-state index in [9.17, 15) is 9.60 Å². The average Bonchev–Trinajstić information content (AvgIpc) is 1.96. The summed E-state index contributed by atoms with van der Waals surface area (Å²) in [4.78, 5) is 0. The molecule has 1 radical (unpaired) electrons. The molecule has 2 atom stereocenters. The lowest BCUT2D eigenvalue weighted by molar-refractivity contribution is -0.287. The summed E-state index contributed by atoms with van der Waals surface area (Å²) < 4.78 is 13.9. The second-order valence-corrected chi connectivity index (χ2v) is 4.77. The molecule has 4 bridgehead atoms. The van der Waals surface area contributed by atoms with Gasteiger partial charge in [-0.15, -0.1) is 10.3 Å². The van der Waals surface area contributed by atoms with E-state index in [2.05, 4.69) is 0 Å². The van der Waals surface area contributed by atoms with Crippen molar-refractivity contribution in [1.29, 1.82) is 0 Å². The highest BCUT2D eigenvalue weighted by Crippen LogP contribution is 2.52. The molecular weight excluding hydrogens is 157 g/mol. The van der Waals surface area contributed by atoms with Crippen molar-refractivity contribution in [2.45, 2.75) is 49.9 Å². The molecule has 0 aromatic carbocycles. The molecule has 2 unspecified atom stereocenters. The normalized spacial score (nSPS) is 58.0. The summed E-state index contributed by atoms with van der Waals surface area (Å²) in [7, 11) is 0. The third-order valence-corrected chi connectivity index (χ3v) is 3.79. The minimum Gasteiger partial charge on any atom is -0.244 e. The monoisotopic (exact) mass is 170 g/mol. The first-order chi connectivity index (χ1) is 5.66. The lowest BCUT2D eigenvalue weighted by Crippen LogP contribution is -2.61. The number of piperidine rings is 2. The van der Waals surface area contributed by atoms with E-state index in [0.29, 0.717) is 18.8 Å². The maximum Gasteiger partial charge on any atom is 0.114 e. The van der Waals surface area contributed by atoms with Gasteiger partial charge in [-0.3, -0.25) is 0 Å². The standard InChI is InChI=1S/C9H13FNO/c10-9-3-6-1-7(4-9)11(12)8(2-6)5-9/h6-8H,1-5H2. The van der Waals surface area contributed by atoms with E-state index >= 15 is 0 Å². The minimum atomic E-state index is -0.961. The Bertz CT molecular complexity index is 205. The molecule has 2 aliphatic carbocycles. The molecule has 3 heteroatoms. The van der Waals surface area contributed by atoms with Crippen molar-refractivity contribution in [3.63, 3.8) is 0 Å². The molecule has 4 fully saturated rings. The van der Waals surface area contributed by atoms with Crippen LogP contribution in [0.2, 0.25) is 0 Å². The number of rotatable bonds is 0. The van der Waals surface area contributed by atoms with Gasteiger partial charge < -0.3 is 0 Å². The van der Waals surface area contributed by atoms with Gasteiger partial charge in [-0.2, -0.15) is 0 Å². The molecular formula is C9H13FNO. The van der Waals surface area contributed by atoms with E-state index < -0.39 is 5.67 Å². The van der Waals surface area contributed by atoms with Crippen molar-refractivity contribution in [2.75, 3.05) is 0 Å². The lowest BCUT2D eigenvalue weighted by atomic mass is 9.63. The molecule has 2 saturated carbocycles. The Morgan fingerprint density at radius 1 is 1.17 bits per heavy atom. The van der Waals surface area contributed by atoms with Gasteiger partial charge in [0, 0.05) is 12.1 Å². The van der Waals surface area contributed by atoms with Crippen LogP contribution in [0.4, 0.5) is 4.39 Å². The van der Waals surface area contributed by atoms with Crippen LogP contribution in [0, 0.1) is 5.92 Å². The van der Waals surface area contributed by atoms with E-state index in [4.69, 9.17) is 0 Å². The second kappa shape index (κ2) is 2.02. The zero-order valence-electron chi connectivity index (χ0n) is 7.00. The Morgan fingerprint density at radius 2 is 1.75 bits per heavy atom. The summed E-state index contributed by atoms with van der Waals surface area (Å²) in [5, 5.41) is 12.6. The van der Waals surface area contributed by atoms with Crippen molar-refractivity contribution in [3.8, 4) is 0 Å². The molecule has 0 spiro atoms. The van der Waals surface area contributed by atoms with Crippen LogP contribution < -0.4 is 0 Å². The van der Waals surface area contributed by atoms with Gasteiger partial charge >= 0.3 is 0 Å². The molecule has 4 aliphatic rings. The Balaban J connectivity index is 1.95. The predicted molar refractivity (Wildman–Crippen MR) is 40.5 cm³/mol. The first-order valence-electron chi connectivity index (χ1n) is 4.81. The van der Waals surface area contributed by atoms with E-state index in [0.717, 1.165) is 19.3 Å². The summed E-state index contributed by atoms with van der Waals surface area (Å²) in [5.74, 6) is 0.512. The largest absolute Gasteiger partial charge is 0.244 e. The van der Waals surface area contributed by atoms with Crippen molar-refractivity contribution in [1.82, 2.24) is 5.06 Å². The highest BCUT2D eigenvalue weighted by Gasteiger charge is 2.55. The Labute approximate surface area is 71.3 Å². The third kappa shape index (κ3) is 0.811. The molecule has 0 aromatic heterocycles. The molecule has 0 amide bonds. The molecule has 2 heterocycles. The first kappa shape index (κ1) is 7.27. The lowest BCUT2D eigenvalue weighted by Gasteiger charge is -2.55. The fourth-order valence-corrected chi connectivity index (χ4v) is 3.50. The van der Waals surface area contributed by atoms with Crippen LogP contribution in [0.5, 0.6) is 0 Å². The van der Waals surface area contributed by atoms with Crippen LogP contribution in [0.25, 0.3) is 0 Å². The number of halogens is 1. The third-order valence-electron chi connectivity index (χ3n) is 3.79. The maximum absolute atomic E-state index is 13.9. The fourth-order valence-electron chi connectivity index (χ4n) is 3.50. The molecule has 0 aromatic rings. The second-order valence-electron chi connectivity index (χ2n) is 4.77. The van der Waals surface area contributed by atoms with Gasteiger partial charge in [0.25, 0.3) is 0 Å². The van der Waals surface area contributed by atoms with Gasteiger partial charge in [-0.05, 0) is 38.0 Å². The SMILES string of the molecule is [O]N1C2CC3CC1CC(F)(C3)C2. The molecule has 0 N–H and O–H groups in total. The van der Waals surface area contributed by atoms with Gasteiger partial charge in [0.2, 0.25) is 0 Å². The van der Waals surface area contributed by atoms with Gasteiger partial charge in [-0.1, -0.05) is 0 Å². The van der Waals surface area contributed by atoms with Crippen LogP contribution in [0.1, 0.15) is 32.1 Å². The van der Waals surface area contributed by atoms with Crippen molar-refractivity contribution < 1.29 is 9.60 Å². The quantitative estimate of drug-likeness (QED) is 0.542. The van der Waals surface area contributed by atoms with Gasteiger partial charge in [0.15, 0.2) is 0 Å². The van der Waals surface area contributed by atoms with Crippen LogP contribution in [-0.2, 0) is 5.21 Å². The van der Waals surface area contributed by atoms with E-state index in [-0.39, 0.29) is 12.1 Å². The zero-order chi connectivity index (χ0) is 8.34. The number of nitrogens with zero attached hydrogens (tertiary/aromatic N) is 1. The van der Waals surface area contributed by atoms with Crippen molar-refractivity contribution in [3.05, 3.63) is 0 Å². The van der Waals surface area contributed by atoms with Gasteiger partial charge in [0.1, 0.15) is 5.67 Å². The topological polar surface area (TPSA) is 23.1 Å². The number of alkyl halides is 1. The van der Waals surface area contributed by atoms with Crippen molar-refractivity contribution in [2.24, 2.45) is 5.92 Å².